The second-order valence-corrected chi connectivity index (χ2v) is 10.4. The van der Waals surface area contributed by atoms with Crippen molar-refractivity contribution in [3.63, 3.8) is 0 Å². The molecule has 1 aromatic rings. The molecule has 0 bridgehead atoms. The topological polar surface area (TPSA) is 119 Å². The summed E-state index contributed by atoms with van der Waals surface area (Å²) in [5.41, 5.74) is -1.43. The lowest BCUT2D eigenvalue weighted by Crippen LogP contribution is -2.44. The van der Waals surface area contributed by atoms with Crippen molar-refractivity contribution in [1.29, 1.82) is 0 Å². The number of carbonyl (C=O) groups excluding carboxylic acids is 2. The van der Waals surface area contributed by atoms with E-state index in [0.29, 0.717) is 31.4 Å². The molecule has 33 heavy (non-hydrogen) atoms. The van der Waals surface area contributed by atoms with Gasteiger partial charge in [0, 0.05) is 19.1 Å². The molecule has 0 spiro atoms. The molecule has 2 heterocycles. The van der Waals surface area contributed by atoms with Crippen LogP contribution >= 0.6 is 0 Å². The molecular weight excluding hydrogens is 426 g/mol. The fourth-order valence-electron chi connectivity index (χ4n) is 3.48. The molecule has 2 rings (SSSR count). The zero-order valence-corrected chi connectivity index (χ0v) is 21.2. The standard InChI is InChI=1S/C23H41N5O5/c1-16(2)31-14-8-11-24-19(29)17-9-12-28(13-10-17)15-18-25-20(27-33-18)23(6,7)26-21(30)32-22(3,4)5/h16-17H,8-15H2,1-7H3,(H,24,29)(H,26,30). The fraction of sp³-hybridized carbons (Fsp3) is 0.826. The molecule has 1 aliphatic rings. The third kappa shape index (κ3) is 9.67. The Kier molecular flexibility index (Phi) is 9.66. The number of alkyl carbamates (subject to hydrolysis) is 1. The minimum Gasteiger partial charge on any atom is -0.444 e. The molecule has 2 amide bonds. The second-order valence-electron chi connectivity index (χ2n) is 10.4. The van der Waals surface area contributed by atoms with E-state index in [4.69, 9.17) is 14.0 Å². The summed E-state index contributed by atoms with van der Waals surface area (Å²) >= 11 is 0. The van der Waals surface area contributed by atoms with E-state index in [1.807, 2.05) is 34.6 Å². The van der Waals surface area contributed by atoms with Crippen molar-refractivity contribution in [1.82, 2.24) is 25.7 Å². The van der Waals surface area contributed by atoms with Crippen molar-refractivity contribution < 1.29 is 23.6 Å². The predicted octanol–water partition coefficient (Wildman–Crippen LogP) is 2.97. The Labute approximate surface area is 197 Å². The molecule has 0 unspecified atom stereocenters. The number of piperidine rings is 1. The Bertz CT molecular complexity index is 764. The van der Waals surface area contributed by atoms with Gasteiger partial charge in [-0.15, -0.1) is 0 Å². The van der Waals surface area contributed by atoms with Gasteiger partial charge in [0.25, 0.3) is 0 Å². The Hall–Kier alpha value is -2.20. The minimum absolute atomic E-state index is 0.0301. The molecular formula is C23H41N5O5. The van der Waals surface area contributed by atoms with Gasteiger partial charge in [-0.3, -0.25) is 9.69 Å². The van der Waals surface area contributed by atoms with E-state index < -0.39 is 17.2 Å². The highest BCUT2D eigenvalue weighted by Gasteiger charge is 2.32. The van der Waals surface area contributed by atoms with Gasteiger partial charge in [-0.25, -0.2) is 4.79 Å². The van der Waals surface area contributed by atoms with Crippen molar-refractivity contribution in [2.24, 2.45) is 5.92 Å². The second kappa shape index (κ2) is 11.8. The van der Waals surface area contributed by atoms with E-state index in [2.05, 4.69) is 25.7 Å². The summed E-state index contributed by atoms with van der Waals surface area (Å²) in [4.78, 5) is 31.2. The SMILES string of the molecule is CC(C)OCCCNC(=O)C1CCN(Cc2nc(C(C)(C)NC(=O)OC(C)(C)C)no2)CC1. The maximum atomic E-state index is 12.4. The lowest BCUT2D eigenvalue weighted by Gasteiger charge is -2.30. The number of amides is 2. The van der Waals surface area contributed by atoms with E-state index in [1.54, 1.807) is 13.8 Å². The number of ether oxygens (including phenoxy) is 2. The number of nitrogens with zero attached hydrogens (tertiary/aromatic N) is 3. The summed E-state index contributed by atoms with van der Waals surface area (Å²) in [7, 11) is 0. The number of hydrogen-bond acceptors (Lipinski definition) is 8. The van der Waals surface area contributed by atoms with Gasteiger partial charge in [0.1, 0.15) is 11.1 Å². The molecule has 188 valence electrons. The Balaban J connectivity index is 1.75. The van der Waals surface area contributed by atoms with Crippen molar-refractivity contribution in [2.75, 3.05) is 26.2 Å². The summed E-state index contributed by atoms with van der Waals surface area (Å²) in [6.45, 7) is 16.4. The quantitative estimate of drug-likeness (QED) is 0.504. The van der Waals surface area contributed by atoms with E-state index in [9.17, 15) is 9.59 Å². The Morgan fingerprint density at radius 3 is 2.45 bits per heavy atom. The number of nitrogens with one attached hydrogen (secondary N) is 2. The summed E-state index contributed by atoms with van der Waals surface area (Å²) in [5.74, 6) is 1.02. The van der Waals surface area contributed by atoms with Gasteiger partial charge in [0.05, 0.1) is 12.6 Å². The predicted molar refractivity (Wildman–Crippen MR) is 123 cm³/mol. The number of carbonyl (C=O) groups is 2. The molecule has 10 nitrogen and oxygen atoms in total. The molecule has 0 radical (unpaired) electrons. The molecule has 1 aromatic heterocycles. The zero-order chi connectivity index (χ0) is 24.6. The number of hydrogen-bond donors (Lipinski definition) is 2. The molecule has 1 aliphatic heterocycles. The van der Waals surface area contributed by atoms with Crippen LogP contribution in [0.5, 0.6) is 0 Å². The lowest BCUT2D eigenvalue weighted by atomic mass is 9.96. The zero-order valence-electron chi connectivity index (χ0n) is 21.2. The molecule has 0 aliphatic carbocycles. The average Bonchev–Trinajstić information content (AvgIpc) is 3.15. The van der Waals surface area contributed by atoms with E-state index >= 15 is 0 Å². The van der Waals surface area contributed by atoms with Crippen LogP contribution in [-0.2, 0) is 26.4 Å². The molecule has 10 heteroatoms. The van der Waals surface area contributed by atoms with Gasteiger partial charge in [-0.2, -0.15) is 4.98 Å². The lowest BCUT2D eigenvalue weighted by molar-refractivity contribution is -0.126. The average molecular weight is 468 g/mol. The van der Waals surface area contributed by atoms with Crippen LogP contribution in [0.1, 0.15) is 79.4 Å². The summed E-state index contributed by atoms with van der Waals surface area (Å²) in [5, 5.41) is 9.85. The van der Waals surface area contributed by atoms with Gasteiger partial charge in [-0.05, 0) is 80.8 Å². The van der Waals surface area contributed by atoms with Gasteiger partial charge in [0.15, 0.2) is 5.82 Å². The van der Waals surface area contributed by atoms with Crippen molar-refractivity contribution in [3.8, 4) is 0 Å². The summed E-state index contributed by atoms with van der Waals surface area (Å²) < 4.78 is 16.2. The van der Waals surface area contributed by atoms with Gasteiger partial charge >= 0.3 is 6.09 Å². The van der Waals surface area contributed by atoms with Crippen molar-refractivity contribution in [3.05, 3.63) is 11.7 Å². The fourth-order valence-corrected chi connectivity index (χ4v) is 3.48. The molecule has 0 saturated carbocycles. The Morgan fingerprint density at radius 2 is 1.85 bits per heavy atom. The van der Waals surface area contributed by atoms with Crippen LogP contribution in [-0.4, -0.2) is 65.0 Å². The smallest absolute Gasteiger partial charge is 0.408 e. The number of aromatic nitrogens is 2. The number of rotatable bonds is 10. The van der Waals surface area contributed by atoms with Crippen LogP contribution in [0.2, 0.25) is 0 Å². The largest absolute Gasteiger partial charge is 0.444 e. The summed E-state index contributed by atoms with van der Waals surface area (Å²) in [6, 6.07) is 0. The van der Waals surface area contributed by atoms with Crippen LogP contribution in [0.4, 0.5) is 4.79 Å². The van der Waals surface area contributed by atoms with E-state index in [0.717, 1.165) is 32.4 Å². The van der Waals surface area contributed by atoms with Crippen LogP contribution in [0.3, 0.4) is 0 Å². The monoisotopic (exact) mass is 467 g/mol. The van der Waals surface area contributed by atoms with Crippen LogP contribution in [0.25, 0.3) is 0 Å². The first-order valence-corrected chi connectivity index (χ1v) is 11.8. The van der Waals surface area contributed by atoms with Crippen LogP contribution in [0.15, 0.2) is 4.52 Å². The molecule has 2 N–H and O–H groups in total. The van der Waals surface area contributed by atoms with Gasteiger partial charge < -0.3 is 24.6 Å². The highest BCUT2D eigenvalue weighted by molar-refractivity contribution is 5.78. The maximum Gasteiger partial charge on any atom is 0.408 e. The molecule has 1 saturated heterocycles. The summed E-state index contributed by atoms with van der Waals surface area (Å²) in [6.07, 6.45) is 2.09. The molecule has 0 atom stereocenters. The minimum atomic E-state index is -0.838. The van der Waals surface area contributed by atoms with Gasteiger partial charge in [-0.1, -0.05) is 5.16 Å². The number of likely N-dealkylation sites (tertiary alicyclic amines) is 1. The molecule has 0 aromatic carbocycles. The van der Waals surface area contributed by atoms with Crippen LogP contribution in [0, 0.1) is 5.92 Å². The third-order valence-electron chi connectivity index (χ3n) is 5.23. The highest BCUT2D eigenvalue weighted by Crippen LogP contribution is 2.21. The van der Waals surface area contributed by atoms with Crippen LogP contribution < -0.4 is 10.6 Å². The Morgan fingerprint density at radius 1 is 1.18 bits per heavy atom. The molecule has 1 fully saturated rings. The van der Waals surface area contributed by atoms with Gasteiger partial charge in [0.2, 0.25) is 11.8 Å². The third-order valence-corrected chi connectivity index (χ3v) is 5.23. The van der Waals surface area contributed by atoms with Crippen molar-refractivity contribution in [2.45, 2.75) is 91.5 Å². The van der Waals surface area contributed by atoms with E-state index in [-0.39, 0.29) is 17.9 Å². The highest BCUT2D eigenvalue weighted by atomic mass is 16.6. The first-order valence-electron chi connectivity index (χ1n) is 11.8. The van der Waals surface area contributed by atoms with E-state index in [1.165, 1.54) is 0 Å². The maximum absolute atomic E-state index is 12.4. The van der Waals surface area contributed by atoms with Crippen molar-refractivity contribution >= 4 is 12.0 Å². The first-order chi connectivity index (χ1) is 15.4. The first kappa shape index (κ1) is 27.0. The normalized spacial score (nSPS) is 16.1.